The molecule has 2 N–H and O–H groups in total. The maximum Gasteiger partial charge on any atom is 0.341 e. The van der Waals surface area contributed by atoms with Crippen molar-refractivity contribution < 1.29 is 23.1 Å². The van der Waals surface area contributed by atoms with Crippen molar-refractivity contribution in [3.8, 4) is 5.75 Å². The molecule has 0 aliphatic heterocycles. The maximum absolute atomic E-state index is 12.7. The Hall–Kier alpha value is -3.06. The number of anilines is 1. The summed E-state index contributed by atoms with van der Waals surface area (Å²) in [7, 11) is -3.81. The third kappa shape index (κ3) is 3.89. The lowest BCUT2D eigenvalue weighted by atomic mass is 10.1. The van der Waals surface area contributed by atoms with E-state index in [0.717, 1.165) is 5.39 Å². The third-order valence-corrected chi connectivity index (χ3v) is 4.93. The summed E-state index contributed by atoms with van der Waals surface area (Å²) in [6.45, 7) is -0.500. The molecular formula is C18H15NO5S. The van der Waals surface area contributed by atoms with Crippen LogP contribution in [-0.4, -0.2) is 26.1 Å². The second-order valence-corrected chi connectivity index (χ2v) is 6.94. The van der Waals surface area contributed by atoms with Crippen molar-refractivity contribution in [2.45, 2.75) is 4.90 Å². The number of fused-ring (bicyclic) bond motifs is 1. The van der Waals surface area contributed by atoms with Crippen LogP contribution in [0.2, 0.25) is 0 Å². The Morgan fingerprint density at radius 1 is 1.00 bits per heavy atom. The van der Waals surface area contributed by atoms with Gasteiger partial charge in [0.25, 0.3) is 10.0 Å². The zero-order chi connectivity index (χ0) is 17.9. The highest BCUT2D eigenvalue weighted by Gasteiger charge is 2.17. The number of carboxylic acid groups (broad SMARTS) is 1. The lowest BCUT2D eigenvalue weighted by Gasteiger charge is -2.11. The van der Waals surface area contributed by atoms with Gasteiger partial charge in [-0.3, -0.25) is 4.72 Å². The molecule has 3 rings (SSSR count). The summed E-state index contributed by atoms with van der Waals surface area (Å²) in [5.74, 6) is -0.845. The molecule has 0 bridgehead atoms. The van der Waals surface area contributed by atoms with Crippen molar-refractivity contribution in [1.29, 1.82) is 0 Å². The Labute approximate surface area is 144 Å². The average Bonchev–Trinajstić information content (AvgIpc) is 2.59. The van der Waals surface area contributed by atoms with E-state index in [4.69, 9.17) is 9.84 Å². The van der Waals surface area contributed by atoms with Crippen LogP contribution >= 0.6 is 0 Å². The van der Waals surface area contributed by atoms with Gasteiger partial charge in [0.2, 0.25) is 0 Å². The van der Waals surface area contributed by atoms with Gasteiger partial charge < -0.3 is 9.84 Å². The van der Waals surface area contributed by atoms with Gasteiger partial charge in [0.15, 0.2) is 6.61 Å². The van der Waals surface area contributed by atoms with Gasteiger partial charge in [-0.05, 0) is 23.6 Å². The van der Waals surface area contributed by atoms with Crippen molar-refractivity contribution in [3.63, 3.8) is 0 Å². The van der Waals surface area contributed by atoms with E-state index in [1.165, 1.54) is 12.1 Å². The first-order chi connectivity index (χ1) is 12.0. The monoisotopic (exact) mass is 357 g/mol. The lowest BCUT2D eigenvalue weighted by molar-refractivity contribution is -0.139. The molecule has 0 atom stereocenters. The zero-order valence-electron chi connectivity index (χ0n) is 13.0. The van der Waals surface area contributed by atoms with Gasteiger partial charge in [-0.25, -0.2) is 13.2 Å². The highest BCUT2D eigenvalue weighted by atomic mass is 32.2. The van der Waals surface area contributed by atoms with E-state index in [1.807, 2.05) is 18.2 Å². The molecule has 25 heavy (non-hydrogen) atoms. The molecule has 0 saturated carbocycles. The largest absolute Gasteiger partial charge is 0.482 e. The first kappa shape index (κ1) is 16.8. The van der Waals surface area contributed by atoms with Gasteiger partial charge in [0.05, 0.1) is 10.6 Å². The van der Waals surface area contributed by atoms with Crippen LogP contribution in [0.5, 0.6) is 5.75 Å². The van der Waals surface area contributed by atoms with Crippen molar-refractivity contribution in [1.82, 2.24) is 0 Å². The smallest absolute Gasteiger partial charge is 0.341 e. The number of ether oxygens (including phenoxy) is 1. The summed E-state index contributed by atoms with van der Waals surface area (Å²) < 4.78 is 33.1. The van der Waals surface area contributed by atoms with Crippen LogP contribution in [0.25, 0.3) is 10.8 Å². The van der Waals surface area contributed by atoms with Crippen LogP contribution in [0.4, 0.5) is 5.69 Å². The Bertz CT molecular complexity index is 1030. The predicted molar refractivity (Wildman–Crippen MR) is 94.3 cm³/mol. The predicted octanol–water partition coefficient (Wildman–Crippen LogP) is 3.10. The number of carbonyl (C=O) groups is 1. The van der Waals surface area contributed by atoms with Crippen molar-refractivity contribution in [2.24, 2.45) is 0 Å². The highest BCUT2D eigenvalue weighted by Crippen LogP contribution is 2.26. The molecule has 0 spiro atoms. The first-order valence-electron chi connectivity index (χ1n) is 7.41. The number of benzene rings is 3. The van der Waals surface area contributed by atoms with E-state index in [0.29, 0.717) is 5.39 Å². The molecule has 3 aromatic rings. The lowest BCUT2D eigenvalue weighted by Crippen LogP contribution is -2.14. The molecule has 0 fully saturated rings. The Balaban J connectivity index is 1.91. The Kier molecular flexibility index (Phi) is 4.58. The number of hydrogen-bond donors (Lipinski definition) is 2. The van der Waals surface area contributed by atoms with Crippen LogP contribution in [0.15, 0.2) is 71.6 Å². The number of carboxylic acids is 1. The molecule has 0 heterocycles. The quantitative estimate of drug-likeness (QED) is 0.707. The summed E-state index contributed by atoms with van der Waals surface area (Å²) >= 11 is 0. The fourth-order valence-corrected chi connectivity index (χ4v) is 3.71. The molecule has 6 nitrogen and oxygen atoms in total. The van der Waals surface area contributed by atoms with Crippen LogP contribution in [0.3, 0.4) is 0 Å². The molecule has 0 radical (unpaired) electrons. The number of rotatable bonds is 6. The minimum Gasteiger partial charge on any atom is -0.482 e. The molecule has 7 heteroatoms. The molecule has 0 amide bonds. The van der Waals surface area contributed by atoms with E-state index in [1.54, 1.807) is 36.4 Å². The second-order valence-electron chi connectivity index (χ2n) is 5.29. The van der Waals surface area contributed by atoms with E-state index in [-0.39, 0.29) is 16.3 Å². The van der Waals surface area contributed by atoms with Crippen LogP contribution in [0, 0.1) is 0 Å². The number of hydrogen-bond acceptors (Lipinski definition) is 4. The minimum atomic E-state index is -3.81. The first-order valence-corrected chi connectivity index (χ1v) is 8.89. The molecule has 0 aliphatic carbocycles. The Morgan fingerprint density at radius 2 is 1.72 bits per heavy atom. The van der Waals surface area contributed by atoms with E-state index in [2.05, 4.69) is 4.72 Å². The van der Waals surface area contributed by atoms with Gasteiger partial charge in [-0.1, -0.05) is 42.5 Å². The summed E-state index contributed by atoms with van der Waals surface area (Å²) in [6.07, 6.45) is 0. The zero-order valence-corrected chi connectivity index (χ0v) is 13.9. The summed E-state index contributed by atoms with van der Waals surface area (Å²) in [5, 5.41) is 10.1. The number of sulfonamides is 1. The van der Waals surface area contributed by atoms with Gasteiger partial charge in [0, 0.05) is 11.5 Å². The fourth-order valence-electron chi connectivity index (χ4n) is 2.43. The van der Waals surface area contributed by atoms with Gasteiger partial charge in [-0.2, -0.15) is 0 Å². The van der Waals surface area contributed by atoms with Crippen molar-refractivity contribution in [3.05, 3.63) is 66.7 Å². The van der Waals surface area contributed by atoms with Crippen LogP contribution in [-0.2, 0) is 14.8 Å². The van der Waals surface area contributed by atoms with Crippen LogP contribution in [0.1, 0.15) is 0 Å². The summed E-state index contributed by atoms with van der Waals surface area (Å²) in [5.41, 5.74) is 0.288. The van der Waals surface area contributed by atoms with Gasteiger partial charge >= 0.3 is 5.97 Å². The number of aliphatic carboxylic acids is 1. The molecule has 128 valence electrons. The topological polar surface area (TPSA) is 92.7 Å². The minimum absolute atomic E-state index is 0.169. The van der Waals surface area contributed by atoms with Crippen molar-refractivity contribution >= 4 is 32.5 Å². The Morgan fingerprint density at radius 3 is 2.52 bits per heavy atom. The molecular weight excluding hydrogens is 342 g/mol. The van der Waals surface area contributed by atoms with E-state index >= 15 is 0 Å². The van der Waals surface area contributed by atoms with Gasteiger partial charge in [0.1, 0.15) is 5.75 Å². The summed E-state index contributed by atoms with van der Waals surface area (Å²) in [4.78, 5) is 10.7. The van der Waals surface area contributed by atoms with E-state index < -0.39 is 22.6 Å². The van der Waals surface area contributed by atoms with Crippen LogP contribution < -0.4 is 9.46 Å². The maximum atomic E-state index is 12.7. The molecule has 0 saturated heterocycles. The molecule has 3 aromatic carbocycles. The molecule has 0 aromatic heterocycles. The summed E-state index contributed by atoms with van der Waals surface area (Å²) in [6, 6.07) is 18.4. The fraction of sp³-hybridized carbons (Fsp3) is 0.0556. The van der Waals surface area contributed by atoms with E-state index in [9.17, 15) is 13.2 Å². The van der Waals surface area contributed by atoms with Crippen molar-refractivity contribution in [2.75, 3.05) is 11.3 Å². The normalized spacial score (nSPS) is 11.2. The SMILES string of the molecule is O=C(O)COc1cccc(NS(=O)(=O)c2cccc3ccccc23)c1. The van der Waals surface area contributed by atoms with Gasteiger partial charge in [-0.15, -0.1) is 0 Å². The number of nitrogens with one attached hydrogen (secondary N) is 1. The molecule has 0 unspecified atom stereocenters. The average molecular weight is 357 g/mol. The standard InChI is InChI=1S/C18H15NO5S/c20-18(21)12-24-15-8-4-7-14(11-15)19-25(22,23)17-10-3-6-13-5-1-2-9-16(13)17/h1-11,19H,12H2,(H,20,21). The highest BCUT2D eigenvalue weighted by molar-refractivity contribution is 7.93. The second kappa shape index (κ2) is 6.82. The third-order valence-electron chi connectivity index (χ3n) is 3.49. The molecule has 0 aliphatic rings.